The molecule has 0 unspecified atom stereocenters. The van der Waals surface area contributed by atoms with Crippen molar-refractivity contribution in [3.05, 3.63) is 47.1 Å². The summed E-state index contributed by atoms with van der Waals surface area (Å²) in [6, 6.07) is 12.5. The van der Waals surface area contributed by atoms with Crippen LogP contribution >= 0.6 is 11.6 Å². The zero-order chi connectivity index (χ0) is 14.8. The van der Waals surface area contributed by atoms with E-state index >= 15 is 0 Å². The topological polar surface area (TPSA) is 38.9 Å². The van der Waals surface area contributed by atoms with Crippen LogP contribution in [0.2, 0.25) is 5.15 Å². The highest BCUT2D eigenvalue weighted by Crippen LogP contribution is 2.36. The van der Waals surface area contributed by atoms with Crippen LogP contribution in [0.25, 0.3) is 11.3 Å². The number of benzene rings is 1. The van der Waals surface area contributed by atoms with Gasteiger partial charge in [0, 0.05) is 5.56 Å². The Kier molecular flexibility index (Phi) is 4.16. The maximum atomic E-state index is 5.99. The number of rotatable bonds is 2. The summed E-state index contributed by atoms with van der Waals surface area (Å²) in [6.07, 6.45) is 5.32. The normalized spacial score (nSPS) is 22.2. The highest BCUT2D eigenvalue weighted by Gasteiger charge is 2.19. The molecule has 0 atom stereocenters. The summed E-state index contributed by atoms with van der Waals surface area (Å²) in [5.41, 5.74) is 9.64. The molecule has 110 valence electrons. The molecule has 0 radical (unpaired) electrons. The molecule has 0 amide bonds. The highest BCUT2D eigenvalue weighted by atomic mass is 35.5. The maximum Gasteiger partial charge on any atom is 0.152 e. The Morgan fingerprint density at radius 1 is 1.00 bits per heavy atom. The Morgan fingerprint density at radius 3 is 2.29 bits per heavy atom. The van der Waals surface area contributed by atoms with Crippen LogP contribution in [-0.4, -0.2) is 4.98 Å². The second-order valence-corrected chi connectivity index (χ2v) is 6.51. The Balaban J connectivity index is 1.79. The molecule has 0 aliphatic heterocycles. The zero-order valence-corrected chi connectivity index (χ0v) is 13.1. The van der Waals surface area contributed by atoms with E-state index in [0.717, 1.165) is 23.1 Å². The fourth-order valence-corrected chi connectivity index (χ4v) is 3.28. The summed E-state index contributed by atoms with van der Waals surface area (Å²) in [7, 11) is 0. The quantitative estimate of drug-likeness (QED) is 0.767. The molecule has 1 aliphatic carbocycles. The van der Waals surface area contributed by atoms with E-state index in [1.165, 1.54) is 31.2 Å². The lowest BCUT2D eigenvalue weighted by Crippen LogP contribution is -2.10. The Morgan fingerprint density at radius 2 is 1.67 bits per heavy atom. The summed E-state index contributed by atoms with van der Waals surface area (Å²) in [6.45, 7) is 2.36. The third-order valence-electron chi connectivity index (χ3n) is 4.57. The molecule has 21 heavy (non-hydrogen) atoms. The maximum absolute atomic E-state index is 5.99. The fraction of sp³-hybridized carbons (Fsp3) is 0.389. The van der Waals surface area contributed by atoms with Crippen LogP contribution in [0.4, 0.5) is 5.69 Å². The first kappa shape index (κ1) is 14.4. The molecule has 2 nitrogen and oxygen atoms in total. The van der Waals surface area contributed by atoms with Crippen molar-refractivity contribution in [3.8, 4) is 11.3 Å². The highest BCUT2D eigenvalue weighted by molar-refractivity contribution is 6.31. The second-order valence-electron chi connectivity index (χ2n) is 6.16. The van der Waals surface area contributed by atoms with Gasteiger partial charge < -0.3 is 5.73 Å². The molecule has 1 heterocycles. The third kappa shape index (κ3) is 3.21. The van der Waals surface area contributed by atoms with Crippen LogP contribution in [0.5, 0.6) is 0 Å². The van der Waals surface area contributed by atoms with Gasteiger partial charge in [-0.2, -0.15) is 0 Å². The van der Waals surface area contributed by atoms with Gasteiger partial charge in [-0.05, 0) is 42.4 Å². The molecular formula is C18H21ClN2. The Bertz CT molecular complexity index is 614. The van der Waals surface area contributed by atoms with E-state index in [9.17, 15) is 0 Å². The summed E-state index contributed by atoms with van der Waals surface area (Å²) in [4.78, 5) is 4.34. The van der Waals surface area contributed by atoms with E-state index in [2.05, 4.69) is 36.2 Å². The van der Waals surface area contributed by atoms with Gasteiger partial charge in [0.05, 0.1) is 11.4 Å². The second kappa shape index (κ2) is 6.07. The number of aromatic nitrogens is 1. The summed E-state index contributed by atoms with van der Waals surface area (Å²) < 4.78 is 0. The first-order valence-corrected chi connectivity index (χ1v) is 8.03. The fourth-order valence-electron chi connectivity index (χ4n) is 3.13. The van der Waals surface area contributed by atoms with E-state index in [0.29, 0.717) is 10.8 Å². The SMILES string of the molecule is CC1CCC(c2ccc(-c3ccc(N)c(Cl)n3)cc2)CC1. The molecule has 2 aromatic rings. The van der Waals surface area contributed by atoms with Crippen LogP contribution in [0, 0.1) is 5.92 Å². The van der Waals surface area contributed by atoms with Crippen molar-refractivity contribution < 1.29 is 0 Å². The van der Waals surface area contributed by atoms with Crippen molar-refractivity contribution >= 4 is 17.3 Å². The molecule has 0 saturated heterocycles. The summed E-state index contributed by atoms with van der Waals surface area (Å²) in [5.74, 6) is 1.61. The smallest absolute Gasteiger partial charge is 0.152 e. The lowest BCUT2D eigenvalue weighted by atomic mass is 9.79. The number of hydrogen-bond acceptors (Lipinski definition) is 2. The van der Waals surface area contributed by atoms with E-state index in [1.54, 1.807) is 6.07 Å². The molecular weight excluding hydrogens is 280 g/mol. The van der Waals surface area contributed by atoms with Crippen LogP contribution in [-0.2, 0) is 0 Å². The number of nitrogens with zero attached hydrogens (tertiary/aromatic N) is 1. The standard InChI is InChI=1S/C18H21ClN2/c1-12-2-4-13(5-3-12)14-6-8-15(9-7-14)17-11-10-16(20)18(19)21-17/h6-13H,2-5,20H2,1H3. The molecule has 1 aromatic heterocycles. The van der Waals surface area contributed by atoms with Gasteiger partial charge in [-0.1, -0.05) is 55.6 Å². The van der Waals surface area contributed by atoms with Crippen molar-refractivity contribution in [1.82, 2.24) is 4.98 Å². The molecule has 1 saturated carbocycles. The monoisotopic (exact) mass is 300 g/mol. The lowest BCUT2D eigenvalue weighted by Gasteiger charge is -2.26. The van der Waals surface area contributed by atoms with Gasteiger partial charge in [0.2, 0.25) is 0 Å². The van der Waals surface area contributed by atoms with Gasteiger partial charge in [0.1, 0.15) is 0 Å². The van der Waals surface area contributed by atoms with E-state index in [4.69, 9.17) is 17.3 Å². The number of halogens is 1. The lowest BCUT2D eigenvalue weighted by molar-refractivity contribution is 0.348. The average molecular weight is 301 g/mol. The van der Waals surface area contributed by atoms with Gasteiger partial charge in [0.25, 0.3) is 0 Å². The summed E-state index contributed by atoms with van der Waals surface area (Å²) >= 11 is 5.99. The molecule has 3 rings (SSSR count). The zero-order valence-electron chi connectivity index (χ0n) is 12.3. The number of nitrogens with two attached hydrogens (primary N) is 1. The van der Waals surface area contributed by atoms with Crippen LogP contribution in [0.15, 0.2) is 36.4 Å². The first-order chi connectivity index (χ1) is 10.1. The van der Waals surface area contributed by atoms with Crippen molar-refractivity contribution in [2.24, 2.45) is 5.92 Å². The van der Waals surface area contributed by atoms with E-state index in [1.807, 2.05) is 6.07 Å². The molecule has 2 N–H and O–H groups in total. The van der Waals surface area contributed by atoms with Gasteiger partial charge in [-0.15, -0.1) is 0 Å². The van der Waals surface area contributed by atoms with Crippen LogP contribution in [0.3, 0.4) is 0 Å². The van der Waals surface area contributed by atoms with Crippen LogP contribution < -0.4 is 5.73 Å². The number of nitrogen functional groups attached to an aromatic ring is 1. The minimum Gasteiger partial charge on any atom is -0.396 e. The minimum atomic E-state index is 0.373. The first-order valence-electron chi connectivity index (χ1n) is 7.66. The van der Waals surface area contributed by atoms with Gasteiger partial charge >= 0.3 is 0 Å². The molecule has 3 heteroatoms. The predicted molar refractivity (Wildman–Crippen MR) is 89.5 cm³/mol. The average Bonchev–Trinajstić information content (AvgIpc) is 2.51. The summed E-state index contributed by atoms with van der Waals surface area (Å²) in [5, 5.41) is 0.373. The van der Waals surface area contributed by atoms with Gasteiger partial charge in [-0.25, -0.2) is 4.98 Å². The molecule has 1 aromatic carbocycles. The molecule has 1 fully saturated rings. The van der Waals surface area contributed by atoms with E-state index < -0.39 is 0 Å². The van der Waals surface area contributed by atoms with Crippen molar-refractivity contribution in [1.29, 1.82) is 0 Å². The Hall–Kier alpha value is -1.54. The third-order valence-corrected chi connectivity index (χ3v) is 4.87. The Labute approximate surface area is 131 Å². The largest absolute Gasteiger partial charge is 0.396 e. The molecule has 0 bridgehead atoms. The number of hydrogen-bond donors (Lipinski definition) is 1. The molecule has 0 spiro atoms. The van der Waals surface area contributed by atoms with Gasteiger partial charge in [0.15, 0.2) is 5.15 Å². The minimum absolute atomic E-state index is 0.373. The van der Waals surface area contributed by atoms with Crippen molar-refractivity contribution in [2.75, 3.05) is 5.73 Å². The predicted octanol–water partition coefficient (Wildman–Crippen LogP) is 5.28. The molecule has 1 aliphatic rings. The number of pyridine rings is 1. The van der Waals surface area contributed by atoms with Crippen molar-refractivity contribution in [3.63, 3.8) is 0 Å². The van der Waals surface area contributed by atoms with E-state index in [-0.39, 0.29) is 0 Å². The van der Waals surface area contributed by atoms with Crippen LogP contribution in [0.1, 0.15) is 44.1 Å². The number of anilines is 1. The van der Waals surface area contributed by atoms with Gasteiger partial charge in [-0.3, -0.25) is 0 Å². The van der Waals surface area contributed by atoms with Crippen molar-refractivity contribution in [2.45, 2.75) is 38.5 Å².